The number of nitrogens with zero attached hydrogens (tertiary/aromatic N) is 2. The molecule has 2 rings (SSSR count). The Bertz CT molecular complexity index is 418. The first kappa shape index (κ1) is 10.4. The summed E-state index contributed by atoms with van der Waals surface area (Å²) in [7, 11) is -2.86. The van der Waals surface area contributed by atoms with Crippen molar-refractivity contribution in [1.82, 2.24) is 9.97 Å². The molecule has 1 aromatic heterocycles. The lowest BCUT2D eigenvalue weighted by Gasteiger charge is -2.23. The van der Waals surface area contributed by atoms with Crippen LogP contribution >= 0.6 is 0 Å². The Morgan fingerprint density at radius 2 is 2.33 bits per heavy atom. The van der Waals surface area contributed by atoms with E-state index in [4.69, 9.17) is 0 Å². The zero-order chi connectivity index (χ0) is 10.7. The summed E-state index contributed by atoms with van der Waals surface area (Å²) in [6.07, 6.45) is 4.68. The van der Waals surface area contributed by atoms with Crippen LogP contribution in [0.25, 0.3) is 0 Å². The van der Waals surface area contributed by atoms with Gasteiger partial charge in [0.25, 0.3) is 0 Å². The molecule has 1 aromatic rings. The lowest BCUT2D eigenvalue weighted by atomic mass is 10.2. The fourth-order valence-electron chi connectivity index (χ4n) is 1.72. The normalized spacial score (nSPS) is 24.7. The van der Waals surface area contributed by atoms with Crippen LogP contribution in [0.3, 0.4) is 0 Å². The maximum Gasteiger partial charge on any atom is 0.152 e. The van der Waals surface area contributed by atoms with Crippen LogP contribution in [0.4, 0.5) is 5.82 Å². The minimum atomic E-state index is -2.86. The van der Waals surface area contributed by atoms with E-state index in [1.807, 2.05) is 0 Å². The molecule has 6 heteroatoms. The summed E-state index contributed by atoms with van der Waals surface area (Å²) in [6, 6.07) is 1.72. The molecule has 0 bridgehead atoms. The van der Waals surface area contributed by atoms with Crippen molar-refractivity contribution in [2.75, 3.05) is 16.8 Å². The van der Waals surface area contributed by atoms with Gasteiger partial charge in [-0.3, -0.25) is 0 Å². The molecule has 0 aromatic carbocycles. The van der Waals surface area contributed by atoms with E-state index in [9.17, 15) is 8.42 Å². The number of sulfone groups is 1. The number of hydrogen-bond acceptors (Lipinski definition) is 5. The molecule has 1 fully saturated rings. The molecular weight excluding hydrogens is 214 g/mol. The Labute approximate surface area is 88.9 Å². The highest BCUT2D eigenvalue weighted by molar-refractivity contribution is 7.91. The third-order valence-corrected chi connectivity index (χ3v) is 4.22. The van der Waals surface area contributed by atoms with Gasteiger partial charge in [0.2, 0.25) is 0 Å². The van der Waals surface area contributed by atoms with Crippen LogP contribution in [-0.4, -0.2) is 35.9 Å². The Hall–Kier alpha value is -1.17. The molecule has 5 nitrogen and oxygen atoms in total. The predicted octanol–water partition coefficient (Wildman–Crippen LogP) is 0.466. The second kappa shape index (κ2) is 4.14. The van der Waals surface area contributed by atoms with E-state index < -0.39 is 9.84 Å². The van der Waals surface area contributed by atoms with E-state index in [0.717, 1.165) is 12.8 Å². The smallest absolute Gasteiger partial charge is 0.152 e. The van der Waals surface area contributed by atoms with Crippen molar-refractivity contribution >= 4 is 15.7 Å². The third-order valence-electron chi connectivity index (χ3n) is 2.40. The molecule has 1 unspecified atom stereocenters. The van der Waals surface area contributed by atoms with Crippen LogP contribution in [0.5, 0.6) is 0 Å². The van der Waals surface area contributed by atoms with Gasteiger partial charge in [-0.2, -0.15) is 0 Å². The number of rotatable bonds is 2. The van der Waals surface area contributed by atoms with Crippen LogP contribution in [0.2, 0.25) is 0 Å². The summed E-state index contributed by atoms with van der Waals surface area (Å²) >= 11 is 0. The summed E-state index contributed by atoms with van der Waals surface area (Å²) in [5, 5.41) is 3.11. The molecule has 0 saturated carbocycles. The van der Waals surface area contributed by atoms with Crippen molar-refractivity contribution in [3.05, 3.63) is 18.6 Å². The second-order valence-corrected chi connectivity index (χ2v) is 5.92. The van der Waals surface area contributed by atoms with Gasteiger partial charge in [-0.1, -0.05) is 0 Å². The lowest BCUT2D eigenvalue weighted by molar-refractivity contribution is 0.561. The van der Waals surface area contributed by atoms with Crippen LogP contribution in [-0.2, 0) is 9.84 Å². The highest BCUT2D eigenvalue weighted by Crippen LogP contribution is 2.15. The van der Waals surface area contributed by atoms with E-state index >= 15 is 0 Å². The molecule has 82 valence electrons. The molecule has 0 amide bonds. The average Bonchev–Trinajstić information content (AvgIpc) is 2.17. The van der Waals surface area contributed by atoms with Crippen molar-refractivity contribution < 1.29 is 8.42 Å². The highest BCUT2D eigenvalue weighted by atomic mass is 32.2. The summed E-state index contributed by atoms with van der Waals surface area (Å²) in [6.45, 7) is 0. The fraction of sp³-hybridized carbons (Fsp3) is 0.556. The maximum absolute atomic E-state index is 11.4. The predicted molar refractivity (Wildman–Crippen MR) is 57.3 cm³/mol. The van der Waals surface area contributed by atoms with Crippen LogP contribution < -0.4 is 5.32 Å². The van der Waals surface area contributed by atoms with Crippen LogP contribution in [0, 0.1) is 0 Å². The summed E-state index contributed by atoms with van der Waals surface area (Å²) in [4.78, 5) is 7.80. The minimum absolute atomic E-state index is 0.0151. The topological polar surface area (TPSA) is 72.0 Å². The first-order valence-corrected chi connectivity index (χ1v) is 6.71. The molecule has 0 radical (unpaired) electrons. The monoisotopic (exact) mass is 227 g/mol. The molecule has 0 aliphatic carbocycles. The number of anilines is 1. The SMILES string of the molecule is O=S1(=O)CCCC(Nc2ccncn2)C1. The molecule has 2 heterocycles. The zero-order valence-electron chi connectivity index (χ0n) is 8.26. The van der Waals surface area contributed by atoms with Crippen molar-refractivity contribution in [3.63, 3.8) is 0 Å². The van der Waals surface area contributed by atoms with Crippen molar-refractivity contribution in [3.8, 4) is 0 Å². The van der Waals surface area contributed by atoms with Gasteiger partial charge in [-0.25, -0.2) is 18.4 Å². The summed E-state index contributed by atoms with van der Waals surface area (Å²) in [5.74, 6) is 1.21. The van der Waals surface area contributed by atoms with Crippen molar-refractivity contribution in [2.24, 2.45) is 0 Å². The van der Waals surface area contributed by atoms with Gasteiger partial charge in [0.05, 0.1) is 11.5 Å². The third kappa shape index (κ3) is 2.89. The standard InChI is InChI=1S/C9H13N3O2S/c13-15(14)5-1-2-8(6-15)12-9-3-4-10-7-11-9/h3-4,7-8H,1-2,5-6H2,(H,10,11,12). The molecule has 1 atom stereocenters. The zero-order valence-corrected chi connectivity index (χ0v) is 9.07. The first-order valence-electron chi connectivity index (χ1n) is 4.89. The highest BCUT2D eigenvalue weighted by Gasteiger charge is 2.24. The largest absolute Gasteiger partial charge is 0.366 e. The molecule has 1 aliphatic rings. The maximum atomic E-state index is 11.4. The second-order valence-electron chi connectivity index (χ2n) is 3.69. The Kier molecular flexibility index (Phi) is 2.86. The molecule has 1 aliphatic heterocycles. The van der Waals surface area contributed by atoms with E-state index in [0.29, 0.717) is 11.6 Å². The molecule has 15 heavy (non-hydrogen) atoms. The van der Waals surface area contributed by atoms with E-state index in [1.54, 1.807) is 12.3 Å². The van der Waals surface area contributed by atoms with Crippen molar-refractivity contribution in [1.29, 1.82) is 0 Å². The van der Waals surface area contributed by atoms with Crippen LogP contribution in [0.15, 0.2) is 18.6 Å². The molecule has 1 saturated heterocycles. The number of hydrogen-bond donors (Lipinski definition) is 1. The van der Waals surface area contributed by atoms with Gasteiger partial charge >= 0.3 is 0 Å². The van der Waals surface area contributed by atoms with Gasteiger partial charge in [0, 0.05) is 12.2 Å². The number of aromatic nitrogens is 2. The van der Waals surface area contributed by atoms with E-state index in [-0.39, 0.29) is 11.8 Å². The molecular formula is C9H13N3O2S. The van der Waals surface area contributed by atoms with Gasteiger partial charge in [-0.05, 0) is 18.9 Å². The van der Waals surface area contributed by atoms with Gasteiger partial charge in [-0.15, -0.1) is 0 Å². The van der Waals surface area contributed by atoms with Gasteiger partial charge in [0.15, 0.2) is 9.84 Å². The first-order chi connectivity index (χ1) is 7.16. The average molecular weight is 227 g/mol. The van der Waals surface area contributed by atoms with E-state index in [1.165, 1.54) is 6.33 Å². The number of nitrogens with one attached hydrogen (secondary N) is 1. The summed E-state index contributed by atoms with van der Waals surface area (Å²) in [5.41, 5.74) is 0. The minimum Gasteiger partial charge on any atom is -0.366 e. The van der Waals surface area contributed by atoms with Gasteiger partial charge < -0.3 is 5.32 Å². The van der Waals surface area contributed by atoms with Gasteiger partial charge in [0.1, 0.15) is 12.1 Å². The lowest BCUT2D eigenvalue weighted by Crippen LogP contribution is -2.35. The van der Waals surface area contributed by atoms with E-state index in [2.05, 4.69) is 15.3 Å². The Balaban J connectivity index is 2.01. The Morgan fingerprint density at radius 1 is 1.47 bits per heavy atom. The molecule has 1 N–H and O–H groups in total. The quantitative estimate of drug-likeness (QED) is 0.795. The molecule has 0 spiro atoms. The Morgan fingerprint density at radius 3 is 3.00 bits per heavy atom. The van der Waals surface area contributed by atoms with Crippen molar-refractivity contribution in [2.45, 2.75) is 18.9 Å². The van der Waals surface area contributed by atoms with Crippen LogP contribution in [0.1, 0.15) is 12.8 Å². The summed E-state index contributed by atoms with van der Waals surface area (Å²) < 4.78 is 22.8. The fourth-order valence-corrected chi connectivity index (χ4v) is 3.36.